The van der Waals surface area contributed by atoms with Gasteiger partial charge in [0.25, 0.3) is 0 Å². The molecule has 3 heterocycles. The summed E-state index contributed by atoms with van der Waals surface area (Å²) in [5, 5.41) is 20.3. The van der Waals surface area contributed by atoms with Crippen LogP contribution in [0.4, 0.5) is 5.69 Å². The van der Waals surface area contributed by atoms with Gasteiger partial charge in [-0.05, 0) is 69.0 Å². The number of amides is 2. The minimum atomic E-state index is -0.778. The zero-order valence-electron chi connectivity index (χ0n) is 21.6. The summed E-state index contributed by atoms with van der Waals surface area (Å²) in [7, 11) is 0. The summed E-state index contributed by atoms with van der Waals surface area (Å²) in [6.07, 6.45) is 1.85. The number of hydrogen-bond acceptors (Lipinski definition) is 6. The lowest BCUT2D eigenvalue weighted by molar-refractivity contribution is -0.131. The summed E-state index contributed by atoms with van der Waals surface area (Å²) in [6.45, 7) is 6.04. The van der Waals surface area contributed by atoms with E-state index < -0.39 is 23.0 Å². The van der Waals surface area contributed by atoms with E-state index in [2.05, 4.69) is 12.1 Å². The van der Waals surface area contributed by atoms with Crippen molar-refractivity contribution in [2.75, 3.05) is 11.5 Å². The molecule has 7 nitrogen and oxygen atoms in total. The van der Waals surface area contributed by atoms with Crippen LogP contribution in [0.5, 0.6) is 5.75 Å². The van der Waals surface area contributed by atoms with Gasteiger partial charge in [0.1, 0.15) is 5.75 Å². The van der Waals surface area contributed by atoms with E-state index in [1.807, 2.05) is 57.2 Å². The molecule has 0 saturated carbocycles. The topological polar surface area (TPSA) is 103 Å². The van der Waals surface area contributed by atoms with Crippen molar-refractivity contribution >= 4 is 28.3 Å². The Morgan fingerprint density at radius 2 is 1.66 bits per heavy atom. The number of anilines is 1. The number of carbonyl (C=O) groups excluding carboxylic acids is 2. The first-order valence-corrected chi connectivity index (χ1v) is 12.9. The van der Waals surface area contributed by atoms with Crippen LogP contribution < -0.4 is 9.64 Å². The molecule has 0 aliphatic carbocycles. The lowest BCUT2D eigenvalue weighted by Gasteiger charge is -2.31. The van der Waals surface area contributed by atoms with Crippen LogP contribution in [0.1, 0.15) is 48.4 Å². The molecular weight excluding hydrogens is 478 g/mol. The standard InChI is InChI=1S/C31H27N3O4/c1-18-14-21(15-19(2)24(18)17-33)37-13-12-31-11-10-30(3,38-31)26-27(31)29(36)34(28(26)35)25-9-8-20(16-32)22-6-4-5-7-23(22)25/h4-9,14-15,26-27H,10-13H2,1-3H3/t26-,27+,30-,31-/m1/s1. The van der Waals surface area contributed by atoms with Crippen LogP contribution in [0.25, 0.3) is 10.8 Å². The van der Waals surface area contributed by atoms with Crippen LogP contribution in [0.2, 0.25) is 0 Å². The summed E-state index contributed by atoms with van der Waals surface area (Å²) < 4.78 is 12.6. The average molecular weight is 506 g/mol. The van der Waals surface area contributed by atoms with Gasteiger partial charge in [0.15, 0.2) is 0 Å². The van der Waals surface area contributed by atoms with Crippen molar-refractivity contribution in [2.24, 2.45) is 11.8 Å². The van der Waals surface area contributed by atoms with Crippen molar-refractivity contribution in [3.8, 4) is 17.9 Å². The molecule has 7 heteroatoms. The van der Waals surface area contributed by atoms with Crippen LogP contribution >= 0.6 is 0 Å². The first kappa shape index (κ1) is 24.2. The van der Waals surface area contributed by atoms with Crippen LogP contribution in [0, 0.1) is 48.3 Å². The molecule has 0 N–H and O–H groups in total. The predicted octanol–water partition coefficient (Wildman–Crippen LogP) is 5.10. The number of nitrogens with zero attached hydrogens (tertiary/aromatic N) is 3. The number of carbonyl (C=O) groups is 2. The molecule has 2 bridgehead atoms. The Hall–Kier alpha value is -4.20. The highest BCUT2D eigenvalue weighted by Crippen LogP contribution is 2.62. The van der Waals surface area contributed by atoms with E-state index in [0.29, 0.717) is 59.2 Å². The highest BCUT2D eigenvalue weighted by atomic mass is 16.5. The van der Waals surface area contributed by atoms with Crippen LogP contribution in [0.15, 0.2) is 48.5 Å². The fourth-order valence-corrected chi connectivity index (χ4v) is 6.95. The molecule has 0 radical (unpaired) electrons. The molecule has 190 valence electrons. The molecule has 0 aromatic heterocycles. The highest BCUT2D eigenvalue weighted by Gasteiger charge is 2.73. The molecule has 3 aromatic carbocycles. The lowest BCUT2D eigenvalue weighted by atomic mass is 9.67. The third kappa shape index (κ3) is 3.29. The second-order valence-electron chi connectivity index (χ2n) is 10.9. The van der Waals surface area contributed by atoms with Gasteiger partial charge < -0.3 is 9.47 Å². The number of imide groups is 1. The number of ether oxygens (including phenoxy) is 2. The van der Waals surface area contributed by atoms with E-state index in [1.54, 1.807) is 12.1 Å². The van der Waals surface area contributed by atoms with E-state index in [0.717, 1.165) is 11.1 Å². The van der Waals surface area contributed by atoms with Gasteiger partial charge in [-0.2, -0.15) is 10.5 Å². The minimum Gasteiger partial charge on any atom is -0.493 e. The molecule has 3 aliphatic heterocycles. The van der Waals surface area contributed by atoms with Crippen LogP contribution in [0.3, 0.4) is 0 Å². The highest BCUT2D eigenvalue weighted by molar-refractivity contribution is 6.26. The Morgan fingerprint density at radius 1 is 0.974 bits per heavy atom. The number of aryl methyl sites for hydroxylation is 2. The van der Waals surface area contributed by atoms with E-state index in [4.69, 9.17) is 9.47 Å². The maximum absolute atomic E-state index is 14.0. The van der Waals surface area contributed by atoms with Crippen molar-refractivity contribution in [1.82, 2.24) is 0 Å². The van der Waals surface area contributed by atoms with Gasteiger partial charge in [0, 0.05) is 17.2 Å². The Balaban J connectivity index is 1.31. The molecule has 2 amide bonds. The maximum atomic E-state index is 14.0. The van der Waals surface area contributed by atoms with Crippen LogP contribution in [-0.2, 0) is 14.3 Å². The number of hydrogen-bond donors (Lipinski definition) is 0. The van der Waals surface area contributed by atoms with Gasteiger partial charge in [-0.3, -0.25) is 9.59 Å². The molecular formula is C31H27N3O4. The summed E-state index contributed by atoms with van der Waals surface area (Å²) in [6, 6.07) is 18.9. The molecule has 3 aliphatic rings. The van der Waals surface area contributed by atoms with Gasteiger partial charge in [-0.1, -0.05) is 24.3 Å². The van der Waals surface area contributed by atoms with Gasteiger partial charge in [0.2, 0.25) is 11.8 Å². The second-order valence-corrected chi connectivity index (χ2v) is 10.9. The zero-order valence-corrected chi connectivity index (χ0v) is 21.6. The van der Waals surface area contributed by atoms with Crippen molar-refractivity contribution in [1.29, 1.82) is 10.5 Å². The van der Waals surface area contributed by atoms with Crippen LogP contribution in [-0.4, -0.2) is 29.6 Å². The molecule has 38 heavy (non-hydrogen) atoms. The monoisotopic (exact) mass is 505 g/mol. The second kappa shape index (κ2) is 8.41. The first-order chi connectivity index (χ1) is 18.2. The predicted molar refractivity (Wildman–Crippen MR) is 140 cm³/mol. The SMILES string of the molecule is Cc1cc(OCC[C@@]23CC[C@@](C)(O2)[C@H]2C(=O)N(c4ccc(C#N)c5ccccc45)C(=O)[C@H]23)cc(C)c1C#N. The molecule has 3 saturated heterocycles. The Bertz CT molecular complexity index is 1590. The minimum absolute atomic E-state index is 0.238. The van der Waals surface area contributed by atoms with Gasteiger partial charge in [-0.25, -0.2) is 4.90 Å². The summed E-state index contributed by atoms with van der Waals surface area (Å²) >= 11 is 0. The van der Waals surface area contributed by atoms with E-state index >= 15 is 0 Å². The van der Waals surface area contributed by atoms with Crippen molar-refractivity contribution in [2.45, 2.75) is 51.2 Å². The fourth-order valence-electron chi connectivity index (χ4n) is 6.95. The summed E-state index contributed by atoms with van der Waals surface area (Å²) in [5.41, 5.74) is 1.88. The molecule has 0 spiro atoms. The van der Waals surface area contributed by atoms with E-state index in [9.17, 15) is 20.1 Å². The van der Waals surface area contributed by atoms with Gasteiger partial charge >= 0.3 is 0 Å². The van der Waals surface area contributed by atoms with Crippen molar-refractivity contribution in [3.63, 3.8) is 0 Å². The quantitative estimate of drug-likeness (QED) is 0.447. The average Bonchev–Trinajstić information content (AvgIpc) is 3.47. The molecule has 3 fully saturated rings. The number of benzene rings is 3. The Labute approximate surface area is 221 Å². The Kier molecular flexibility index (Phi) is 5.35. The van der Waals surface area contributed by atoms with E-state index in [1.165, 1.54) is 4.90 Å². The fraction of sp³-hybridized carbons (Fsp3) is 0.355. The normalized spacial score (nSPS) is 27.4. The zero-order chi connectivity index (χ0) is 26.8. The molecule has 6 rings (SSSR count). The third-order valence-corrected chi connectivity index (χ3v) is 8.69. The lowest BCUT2D eigenvalue weighted by Crippen LogP contribution is -2.43. The largest absolute Gasteiger partial charge is 0.493 e. The molecule has 0 unspecified atom stereocenters. The van der Waals surface area contributed by atoms with E-state index in [-0.39, 0.29) is 11.8 Å². The summed E-state index contributed by atoms with van der Waals surface area (Å²) in [5.74, 6) is -0.958. The molecule has 3 aromatic rings. The third-order valence-electron chi connectivity index (χ3n) is 8.69. The van der Waals surface area contributed by atoms with Gasteiger partial charge in [0.05, 0.1) is 58.6 Å². The van der Waals surface area contributed by atoms with Crippen molar-refractivity contribution in [3.05, 3.63) is 70.8 Å². The number of fused-ring (bicyclic) bond motifs is 6. The summed E-state index contributed by atoms with van der Waals surface area (Å²) in [4.78, 5) is 29.2. The maximum Gasteiger partial charge on any atom is 0.240 e. The first-order valence-electron chi connectivity index (χ1n) is 12.9. The number of rotatable bonds is 5. The van der Waals surface area contributed by atoms with Crippen molar-refractivity contribution < 1.29 is 19.1 Å². The number of nitriles is 2. The van der Waals surface area contributed by atoms with Gasteiger partial charge in [-0.15, -0.1) is 0 Å². The smallest absolute Gasteiger partial charge is 0.240 e. The Morgan fingerprint density at radius 3 is 2.34 bits per heavy atom. The molecule has 4 atom stereocenters.